The molecule has 0 saturated carbocycles. The number of carbonyl (C=O) groups is 2. The summed E-state index contributed by atoms with van der Waals surface area (Å²) in [4.78, 5) is 35.1. The molecule has 0 N–H and O–H groups in total. The highest BCUT2D eigenvalue weighted by atomic mass is 35.5. The molecule has 3 fully saturated rings. The first kappa shape index (κ1) is 35.4. The number of benzene rings is 3. The van der Waals surface area contributed by atoms with Crippen molar-refractivity contribution in [2.24, 2.45) is 5.92 Å². The van der Waals surface area contributed by atoms with Crippen LogP contribution in [0.3, 0.4) is 0 Å². The number of nitrogens with zero attached hydrogens (tertiary/aromatic N) is 3. The van der Waals surface area contributed by atoms with Crippen LogP contribution in [-0.4, -0.2) is 61.9 Å². The van der Waals surface area contributed by atoms with E-state index in [4.69, 9.17) is 42.1 Å². The van der Waals surface area contributed by atoms with Gasteiger partial charge in [-0.05, 0) is 97.4 Å². The molecule has 7 rings (SSSR count). The zero-order valence-electron chi connectivity index (χ0n) is 27.8. The summed E-state index contributed by atoms with van der Waals surface area (Å²) in [5, 5.41) is 0.683. The SMILES string of the molecule is COc1ccc([C@H](Cc2c(Cl)cncc2Cl)OC(=O)c2ccc(CN(C(=O)O[C@H]3CN4CCCC3CC4)c3cccc(F)c3)cc2)cc1OC. The van der Waals surface area contributed by atoms with Crippen molar-refractivity contribution in [3.05, 3.63) is 117 Å². The van der Waals surface area contributed by atoms with Gasteiger partial charge >= 0.3 is 12.1 Å². The van der Waals surface area contributed by atoms with Gasteiger partial charge in [0.1, 0.15) is 18.0 Å². The molecule has 4 aromatic rings. The second-order valence-corrected chi connectivity index (χ2v) is 13.3. The molecule has 262 valence electrons. The molecule has 4 heterocycles. The molecule has 0 aliphatic carbocycles. The first-order valence-corrected chi connectivity index (χ1v) is 17.2. The van der Waals surface area contributed by atoms with Crippen LogP contribution < -0.4 is 14.4 Å². The lowest BCUT2D eigenvalue weighted by Crippen LogP contribution is -2.45. The number of ether oxygens (including phenoxy) is 4. The number of methoxy groups -OCH3 is 2. The summed E-state index contributed by atoms with van der Waals surface area (Å²) < 4.78 is 37.4. The van der Waals surface area contributed by atoms with Gasteiger partial charge in [-0.1, -0.05) is 47.5 Å². The summed E-state index contributed by atoms with van der Waals surface area (Å²) >= 11 is 12.9. The number of halogens is 3. The van der Waals surface area contributed by atoms with Gasteiger partial charge in [0.15, 0.2) is 11.5 Å². The van der Waals surface area contributed by atoms with Crippen molar-refractivity contribution in [1.29, 1.82) is 0 Å². The largest absolute Gasteiger partial charge is 0.493 e. The Bertz CT molecular complexity index is 1800. The molecule has 1 amide bonds. The van der Waals surface area contributed by atoms with Gasteiger partial charge in [-0.15, -0.1) is 0 Å². The van der Waals surface area contributed by atoms with Crippen LogP contribution in [0.15, 0.2) is 79.1 Å². The summed E-state index contributed by atoms with van der Waals surface area (Å²) in [6.07, 6.45) is 4.67. The number of anilines is 1. The minimum Gasteiger partial charge on any atom is -0.493 e. The van der Waals surface area contributed by atoms with E-state index in [1.165, 1.54) is 43.6 Å². The fourth-order valence-electron chi connectivity index (χ4n) is 6.60. The first-order valence-electron chi connectivity index (χ1n) is 16.5. The molecule has 4 atom stereocenters. The predicted octanol–water partition coefficient (Wildman–Crippen LogP) is 8.31. The molecule has 0 spiro atoms. The summed E-state index contributed by atoms with van der Waals surface area (Å²) in [7, 11) is 3.06. The Morgan fingerprint density at radius 1 is 0.960 bits per heavy atom. The van der Waals surface area contributed by atoms with E-state index in [9.17, 15) is 14.0 Å². The lowest BCUT2D eigenvalue weighted by molar-refractivity contribution is 0.0208. The Hall–Kier alpha value is -4.38. The second-order valence-electron chi connectivity index (χ2n) is 12.5. The van der Waals surface area contributed by atoms with Crippen molar-refractivity contribution < 1.29 is 32.9 Å². The van der Waals surface area contributed by atoms with Gasteiger partial charge < -0.3 is 18.9 Å². The zero-order chi connectivity index (χ0) is 35.2. The van der Waals surface area contributed by atoms with E-state index >= 15 is 0 Å². The average Bonchev–Trinajstić information content (AvgIpc) is 3.47. The molecule has 1 aromatic heterocycles. The lowest BCUT2D eigenvalue weighted by Gasteiger charge is -2.35. The van der Waals surface area contributed by atoms with E-state index in [0.29, 0.717) is 56.4 Å². The van der Waals surface area contributed by atoms with Crippen LogP contribution in [0.4, 0.5) is 14.9 Å². The van der Waals surface area contributed by atoms with E-state index in [0.717, 1.165) is 32.4 Å². The molecular formula is C38H38Cl2FN3O6. The first-order chi connectivity index (χ1) is 24.2. The number of aromatic nitrogens is 1. The monoisotopic (exact) mass is 721 g/mol. The van der Waals surface area contributed by atoms with Gasteiger partial charge in [0.05, 0.1) is 42.1 Å². The van der Waals surface area contributed by atoms with Crippen LogP contribution in [0.25, 0.3) is 0 Å². The number of hydrogen-bond acceptors (Lipinski definition) is 8. The second kappa shape index (κ2) is 16.1. The molecule has 0 radical (unpaired) electrons. The van der Waals surface area contributed by atoms with E-state index in [1.54, 1.807) is 54.6 Å². The van der Waals surface area contributed by atoms with Gasteiger partial charge in [0.25, 0.3) is 0 Å². The number of esters is 1. The highest BCUT2D eigenvalue weighted by Crippen LogP contribution is 2.36. The third kappa shape index (κ3) is 8.31. The lowest BCUT2D eigenvalue weighted by atomic mass is 9.92. The molecule has 2 unspecified atom stereocenters. The normalized spacial score (nSPS) is 18.9. The third-order valence-electron chi connectivity index (χ3n) is 9.32. The van der Waals surface area contributed by atoms with Crippen LogP contribution in [0.5, 0.6) is 11.5 Å². The van der Waals surface area contributed by atoms with Gasteiger partial charge in [-0.2, -0.15) is 0 Å². The number of piperidine rings is 1. The van der Waals surface area contributed by atoms with E-state index in [2.05, 4.69) is 9.88 Å². The maximum absolute atomic E-state index is 14.3. The number of pyridine rings is 1. The van der Waals surface area contributed by atoms with Crippen molar-refractivity contribution in [2.45, 2.75) is 44.4 Å². The Labute approximate surface area is 300 Å². The molecular weight excluding hydrogens is 684 g/mol. The van der Waals surface area contributed by atoms with Crippen molar-refractivity contribution >= 4 is 41.0 Å². The van der Waals surface area contributed by atoms with Crippen molar-refractivity contribution in [3.8, 4) is 11.5 Å². The van der Waals surface area contributed by atoms with Gasteiger partial charge in [-0.25, -0.2) is 14.0 Å². The predicted molar refractivity (Wildman–Crippen MR) is 189 cm³/mol. The Kier molecular flexibility index (Phi) is 11.4. The summed E-state index contributed by atoms with van der Waals surface area (Å²) in [5.41, 5.74) is 2.59. The van der Waals surface area contributed by atoms with Gasteiger partial charge in [-0.3, -0.25) is 14.8 Å². The average molecular weight is 723 g/mol. The van der Waals surface area contributed by atoms with Crippen LogP contribution in [0, 0.1) is 11.7 Å². The number of amides is 1. The molecule has 3 saturated heterocycles. The van der Waals surface area contributed by atoms with Crippen LogP contribution in [0.1, 0.15) is 52.4 Å². The molecule has 3 aliphatic heterocycles. The number of fused-ring (bicyclic) bond motifs is 4. The minimum atomic E-state index is -0.798. The molecule has 3 aliphatic rings. The van der Waals surface area contributed by atoms with Crippen molar-refractivity contribution in [1.82, 2.24) is 9.88 Å². The Morgan fingerprint density at radius 3 is 2.44 bits per heavy atom. The topological polar surface area (TPSA) is 90.4 Å². The van der Waals surface area contributed by atoms with Gasteiger partial charge in [0, 0.05) is 25.4 Å². The quantitative estimate of drug-likeness (QED) is 0.143. The maximum Gasteiger partial charge on any atom is 0.414 e. The maximum atomic E-state index is 14.3. The van der Waals surface area contributed by atoms with Crippen LogP contribution in [0.2, 0.25) is 10.0 Å². The minimum absolute atomic E-state index is 0.103. The number of rotatable bonds is 11. The van der Waals surface area contributed by atoms with Crippen molar-refractivity contribution in [2.75, 3.05) is 38.8 Å². The summed E-state index contributed by atoms with van der Waals surface area (Å²) in [6, 6.07) is 17.8. The summed E-state index contributed by atoms with van der Waals surface area (Å²) in [5.74, 6) is 0.250. The highest BCUT2D eigenvalue weighted by Gasteiger charge is 2.35. The molecule has 2 bridgehead atoms. The van der Waals surface area contributed by atoms with Crippen LogP contribution >= 0.6 is 23.2 Å². The van der Waals surface area contributed by atoms with E-state index in [1.807, 2.05) is 0 Å². The number of hydrogen-bond donors (Lipinski definition) is 0. The van der Waals surface area contributed by atoms with Gasteiger partial charge in [0.2, 0.25) is 0 Å². The zero-order valence-corrected chi connectivity index (χ0v) is 29.3. The number of carbonyl (C=O) groups excluding carboxylic acids is 2. The standard InChI is InChI=1S/C38H38Cl2FN3O6/c1-47-33-13-12-27(17-35(33)48-2)34(19-30-31(39)20-42-21-32(30)40)49-37(45)26-10-8-24(9-11-26)22-44(29-7-3-6-28(41)18-29)38(46)50-36-23-43-15-4-5-25(36)14-16-43/h3,6-13,17-18,20-21,25,34,36H,4-5,14-16,19,22-23H2,1-2H3/t25?,34-,36-/m0/s1. The molecule has 3 aromatic carbocycles. The summed E-state index contributed by atoms with van der Waals surface area (Å²) in [6.45, 7) is 2.83. The fraction of sp³-hybridized carbons (Fsp3) is 0.342. The highest BCUT2D eigenvalue weighted by molar-refractivity contribution is 6.35. The molecule has 12 heteroatoms. The van der Waals surface area contributed by atoms with E-state index in [-0.39, 0.29) is 24.6 Å². The molecule has 9 nitrogen and oxygen atoms in total. The van der Waals surface area contributed by atoms with E-state index < -0.39 is 24.0 Å². The Morgan fingerprint density at radius 2 is 1.72 bits per heavy atom. The fourth-order valence-corrected chi connectivity index (χ4v) is 7.12. The smallest absolute Gasteiger partial charge is 0.414 e. The Balaban J connectivity index is 1.21. The molecule has 50 heavy (non-hydrogen) atoms. The van der Waals surface area contributed by atoms with Crippen molar-refractivity contribution in [3.63, 3.8) is 0 Å². The van der Waals surface area contributed by atoms with Crippen LogP contribution in [-0.2, 0) is 22.4 Å². The third-order valence-corrected chi connectivity index (χ3v) is 9.97.